The van der Waals surface area contributed by atoms with Gasteiger partial charge in [-0.15, -0.1) is 0 Å². The topological polar surface area (TPSA) is 38.0 Å². The van der Waals surface area contributed by atoms with Crippen molar-refractivity contribution in [2.75, 3.05) is 0 Å². The second-order valence-corrected chi connectivity index (χ2v) is 4.00. The van der Waals surface area contributed by atoms with E-state index in [0.29, 0.717) is 11.8 Å². The summed E-state index contributed by atoms with van der Waals surface area (Å²) >= 11 is 0. The molecule has 0 radical (unpaired) electrons. The monoisotopic (exact) mass is 274 g/mol. The van der Waals surface area contributed by atoms with E-state index in [1.54, 1.807) is 7.05 Å². The molecule has 3 nitrogen and oxygen atoms in total. The maximum atomic E-state index is 13.1. The van der Waals surface area contributed by atoms with E-state index in [9.17, 15) is 17.6 Å². The van der Waals surface area contributed by atoms with E-state index in [0.717, 1.165) is 6.07 Å². The lowest BCUT2D eigenvalue weighted by molar-refractivity contribution is -0.139. The van der Waals surface area contributed by atoms with Gasteiger partial charge in [-0.25, -0.2) is 4.39 Å². The minimum absolute atomic E-state index is 0.143. The number of aliphatic hydroxyl groups is 1. The van der Waals surface area contributed by atoms with E-state index in [1.807, 2.05) is 0 Å². The normalized spacial score (nSPS) is 11.9. The first-order valence-electron chi connectivity index (χ1n) is 5.34. The van der Waals surface area contributed by atoms with Crippen LogP contribution in [0.2, 0.25) is 0 Å². The maximum Gasteiger partial charge on any atom is 0.419 e. The molecular formula is C12H10F4N2O. The molecule has 7 heteroatoms. The number of halogens is 4. The third kappa shape index (κ3) is 2.60. The number of aromatic nitrogens is 2. The summed E-state index contributed by atoms with van der Waals surface area (Å²) in [7, 11) is 1.56. The minimum Gasteiger partial charge on any atom is -0.390 e. The van der Waals surface area contributed by atoms with Crippen LogP contribution >= 0.6 is 0 Å². The molecule has 0 saturated carbocycles. The van der Waals surface area contributed by atoms with Gasteiger partial charge in [0.2, 0.25) is 0 Å². The smallest absolute Gasteiger partial charge is 0.390 e. The lowest BCUT2D eigenvalue weighted by Crippen LogP contribution is -2.08. The highest BCUT2D eigenvalue weighted by atomic mass is 19.4. The molecule has 1 aromatic heterocycles. The first kappa shape index (κ1) is 13.5. The van der Waals surface area contributed by atoms with Crippen LogP contribution in [-0.2, 0) is 19.8 Å². The molecular weight excluding hydrogens is 264 g/mol. The molecule has 0 unspecified atom stereocenters. The number of aryl methyl sites for hydroxylation is 1. The number of rotatable bonds is 2. The lowest BCUT2D eigenvalue weighted by Gasteiger charge is -2.08. The Kier molecular flexibility index (Phi) is 3.32. The predicted octanol–water partition coefficient (Wildman–Crippen LogP) is 2.74. The largest absolute Gasteiger partial charge is 0.419 e. The van der Waals surface area contributed by atoms with Gasteiger partial charge in [-0.1, -0.05) is 0 Å². The Labute approximate surface area is 106 Å². The third-order valence-electron chi connectivity index (χ3n) is 2.71. The number of hydrogen-bond donors (Lipinski definition) is 1. The van der Waals surface area contributed by atoms with Crippen molar-refractivity contribution in [1.29, 1.82) is 0 Å². The first-order valence-corrected chi connectivity index (χ1v) is 5.34. The summed E-state index contributed by atoms with van der Waals surface area (Å²) in [5.74, 6) is -1.32. The van der Waals surface area contributed by atoms with E-state index >= 15 is 0 Å². The molecule has 0 fully saturated rings. The van der Waals surface area contributed by atoms with Gasteiger partial charge in [-0.3, -0.25) is 4.68 Å². The number of alkyl halides is 3. The molecule has 2 rings (SSSR count). The van der Waals surface area contributed by atoms with Crippen LogP contribution in [0.5, 0.6) is 0 Å². The molecule has 0 aliphatic carbocycles. The summed E-state index contributed by atoms with van der Waals surface area (Å²) in [4.78, 5) is 0. The second kappa shape index (κ2) is 4.65. The lowest BCUT2D eigenvalue weighted by atomic mass is 10.1. The van der Waals surface area contributed by atoms with Gasteiger partial charge < -0.3 is 5.11 Å². The highest BCUT2D eigenvalue weighted by Gasteiger charge is 2.34. The number of aliphatic hydroxyl groups excluding tert-OH is 1. The zero-order chi connectivity index (χ0) is 14.2. The Balaban J connectivity index is 2.51. The van der Waals surface area contributed by atoms with Crippen molar-refractivity contribution in [3.8, 4) is 11.3 Å². The fourth-order valence-corrected chi connectivity index (χ4v) is 1.70. The summed E-state index contributed by atoms with van der Waals surface area (Å²) < 4.78 is 52.3. The standard InChI is InChI=1S/C12H10F4N2O/c1-18-8(6-19)5-11(17-18)7-2-3-10(13)9(4-7)12(14,15)16/h2-5,19H,6H2,1H3. The number of nitrogens with zero attached hydrogens (tertiary/aromatic N) is 2. The Morgan fingerprint density at radius 3 is 2.47 bits per heavy atom. The highest BCUT2D eigenvalue weighted by molar-refractivity contribution is 5.60. The third-order valence-corrected chi connectivity index (χ3v) is 2.71. The molecule has 2 aromatic rings. The van der Waals surface area contributed by atoms with E-state index in [2.05, 4.69) is 5.10 Å². The fourth-order valence-electron chi connectivity index (χ4n) is 1.70. The molecule has 0 atom stereocenters. The van der Waals surface area contributed by atoms with Crippen LogP contribution in [-0.4, -0.2) is 14.9 Å². The van der Waals surface area contributed by atoms with E-state index in [1.165, 1.54) is 16.8 Å². The zero-order valence-electron chi connectivity index (χ0n) is 9.87. The van der Waals surface area contributed by atoms with Gasteiger partial charge in [0, 0.05) is 12.6 Å². The van der Waals surface area contributed by atoms with Gasteiger partial charge in [0.1, 0.15) is 5.82 Å². The molecule has 102 valence electrons. The molecule has 1 heterocycles. The Morgan fingerprint density at radius 1 is 1.26 bits per heavy atom. The Hall–Kier alpha value is -1.89. The zero-order valence-corrected chi connectivity index (χ0v) is 9.87. The molecule has 0 saturated heterocycles. The quantitative estimate of drug-likeness (QED) is 0.855. The summed E-state index contributed by atoms with van der Waals surface area (Å²) in [5, 5.41) is 13.0. The first-order chi connectivity index (χ1) is 8.82. The molecule has 0 aliphatic heterocycles. The van der Waals surface area contributed by atoms with Crippen molar-refractivity contribution in [3.63, 3.8) is 0 Å². The van der Waals surface area contributed by atoms with Gasteiger partial charge in [-0.2, -0.15) is 18.3 Å². The van der Waals surface area contributed by atoms with Gasteiger partial charge in [0.05, 0.1) is 23.6 Å². The summed E-state index contributed by atoms with van der Waals surface area (Å²) in [6.07, 6.45) is -4.76. The fraction of sp³-hybridized carbons (Fsp3) is 0.250. The van der Waals surface area contributed by atoms with Crippen molar-refractivity contribution in [2.45, 2.75) is 12.8 Å². The van der Waals surface area contributed by atoms with Crippen molar-refractivity contribution in [1.82, 2.24) is 9.78 Å². The summed E-state index contributed by atoms with van der Waals surface area (Å²) in [6, 6.07) is 4.13. The predicted molar refractivity (Wildman–Crippen MR) is 59.5 cm³/mol. The van der Waals surface area contributed by atoms with Crippen LogP contribution in [0.4, 0.5) is 17.6 Å². The van der Waals surface area contributed by atoms with E-state index in [-0.39, 0.29) is 17.9 Å². The van der Waals surface area contributed by atoms with Crippen molar-refractivity contribution in [2.24, 2.45) is 7.05 Å². The molecule has 1 aromatic carbocycles. The van der Waals surface area contributed by atoms with Gasteiger partial charge in [0.25, 0.3) is 0 Å². The van der Waals surface area contributed by atoms with Gasteiger partial charge in [0.15, 0.2) is 0 Å². The number of benzene rings is 1. The van der Waals surface area contributed by atoms with Crippen LogP contribution in [0.15, 0.2) is 24.3 Å². The van der Waals surface area contributed by atoms with E-state index < -0.39 is 17.6 Å². The van der Waals surface area contributed by atoms with Gasteiger partial charge >= 0.3 is 6.18 Å². The van der Waals surface area contributed by atoms with Crippen LogP contribution in [0.3, 0.4) is 0 Å². The highest BCUT2D eigenvalue weighted by Crippen LogP contribution is 2.34. The Bertz CT molecular complexity index is 604. The summed E-state index contributed by atoms with van der Waals surface area (Å²) in [5.41, 5.74) is -0.491. The van der Waals surface area contributed by atoms with Crippen LogP contribution in [0.1, 0.15) is 11.3 Å². The van der Waals surface area contributed by atoms with Gasteiger partial charge in [-0.05, 0) is 24.3 Å². The SMILES string of the molecule is Cn1nc(-c2ccc(F)c(C(F)(F)F)c2)cc1CO. The Morgan fingerprint density at radius 2 is 1.95 bits per heavy atom. The van der Waals surface area contributed by atoms with Crippen LogP contribution in [0.25, 0.3) is 11.3 Å². The average Bonchev–Trinajstić information content (AvgIpc) is 2.69. The van der Waals surface area contributed by atoms with Crippen LogP contribution in [0, 0.1) is 5.82 Å². The van der Waals surface area contributed by atoms with Crippen molar-refractivity contribution < 1.29 is 22.7 Å². The molecule has 0 spiro atoms. The van der Waals surface area contributed by atoms with Crippen molar-refractivity contribution >= 4 is 0 Å². The molecule has 19 heavy (non-hydrogen) atoms. The molecule has 0 amide bonds. The molecule has 1 N–H and O–H groups in total. The molecule has 0 bridgehead atoms. The summed E-state index contributed by atoms with van der Waals surface area (Å²) in [6.45, 7) is -0.281. The van der Waals surface area contributed by atoms with Crippen molar-refractivity contribution in [3.05, 3.63) is 41.3 Å². The number of hydrogen-bond acceptors (Lipinski definition) is 2. The van der Waals surface area contributed by atoms with E-state index in [4.69, 9.17) is 5.11 Å². The molecule has 0 aliphatic rings. The second-order valence-electron chi connectivity index (χ2n) is 4.00. The average molecular weight is 274 g/mol. The minimum atomic E-state index is -4.76. The van der Waals surface area contributed by atoms with Crippen LogP contribution < -0.4 is 0 Å². The maximum absolute atomic E-state index is 13.1.